The van der Waals surface area contributed by atoms with Crippen molar-refractivity contribution in [2.24, 2.45) is 0 Å². The summed E-state index contributed by atoms with van der Waals surface area (Å²) in [6.45, 7) is 2.04. The van der Waals surface area contributed by atoms with Crippen LogP contribution in [0.3, 0.4) is 0 Å². The predicted octanol–water partition coefficient (Wildman–Crippen LogP) is 3.53. The molecule has 0 aliphatic carbocycles. The molecule has 0 bridgehead atoms. The van der Waals surface area contributed by atoms with Gasteiger partial charge in [-0.05, 0) is 24.0 Å². The lowest BCUT2D eigenvalue weighted by Crippen LogP contribution is -2.02. The van der Waals surface area contributed by atoms with E-state index in [0.29, 0.717) is 12.2 Å². The monoisotopic (exact) mass is 318 g/mol. The molecule has 120 valence electrons. The Balaban J connectivity index is 2.18. The number of terminal acetylenes is 1. The molecule has 0 unspecified atom stereocenters. The summed E-state index contributed by atoms with van der Waals surface area (Å²) in [5.74, 6) is 4.53. The van der Waals surface area contributed by atoms with Gasteiger partial charge in [0, 0.05) is 35.2 Å². The van der Waals surface area contributed by atoms with Crippen LogP contribution in [-0.2, 0) is 6.42 Å². The van der Waals surface area contributed by atoms with Crippen LogP contribution in [0.4, 0.5) is 0 Å². The fraction of sp³-hybridized carbons (Fsp3) is 0.200. The maximum Gasteiger partial charge on any atom is 0.204 e. The third-order valence-corrected chi connectivity index (χ3v) is 4.11. The summed E-state index contributed by atoms with van der Waals surface area (Å²) in [6, 6.07) is 8.07. The molecule has 3 aromatic rings. The van der Waals surface area contributed by atoms with Gasteiger partial charge in [0.15, 0.2) is 0 Å². The van der Waals surface area contributed by atoms with E-state index in [9.17, 15) is 0 Å². The lowest BCUT2D eigenvalue weighted by molar-refractivity contribution is 0.404. The first-order valence-electron chi connectivity index (χ1n) is 7.59. The summed E-state index contributed by atoms with van der Waals surface area (Å²) < 4.78 is 11.4. The maximum absolute atomic E-state index is 5.73. The number of rotatable bonds is 4. The second-order valence-electron chi connectivity index (χ2n) is 5.45. The Morgan fingerprint density at radius 3 is 2.12 bits per heavy atom. The van der Waals surface area contributed by atoms with E-state index in [4.69, 9.17) is 15.9 Å². The van der Waals surface area contributed by atoms with Crippen molar-refractivity contribution in [1.82, 2.24) is 9.97 Å². The number of fused-ring (bicyclic) bond motifs is 1. The maximum atomic E-state index is 5.73. The van der Waals surface area contributed by atoms with E-state index in [1.54, 1.807) is 26.6 Å². The molecule has 0 N–H and O–H groups in total. The Morgan fingerprint density at radius 2 is 1.58 bits per heavy atom. The summed E-state index contributed by atoms with van der Waals surface area (Å²) >= 11 is 0. The zero-order valence-electron chi connectivity index (χ0n) is 14.0. The van der Waals surface area contributed by atoms with Gasteiger partial charge >= 0.3 is 0 Å². The van der Waals surface area contributed by atoms with Crippen LogP contribution in [0.1, 0.15) is 22.5 Å². The molecule has 4 nitrogen and oxygen atoms in total. The molecule has 0 fully saturated rings. The highest BCUT2D eigenvalue weighted by Gasteiger charge is 2.18. The average Bonchev–Trinajstić information content (AvgIpc) is 2.63. The molecule has 1 heterocycles. The topological polar surface area (TPSA) is 44.2 Å². The molecule has 3 rings (SSSR count). The van der Waals surface area contributed by atoms with Gasteiger partial charge < -0.3 is 9.47 Å². The molecule has 0 radical (unpaired) electrons. The fourth-order valence-corrected chi connectivity index (χ4v) is 2.98. The highest BCUT2D eigenvalue weighted by molar-refractivity contribution is 5.96. The Kier molecular flexibility index (Phi) is 4.35. The molecule has 0 aliphatic heterocycles. The number of hydrogen-bond acceptors (Lipinski definition) is 4. The number of nitrogens with zero attached hydrogens (tertiary/aromatic N) is 2. The summed E-state index contributed by atoms with van der Waals surface area (Å²) in [7, 11) is 3.38. The lowest BCUT2D eigenvalue weighted by atomic mass is 9.95. The van der Waals surface area contributed by atoms with E-state index in [1.807, 2.05) is 31.2 Å². The summed E-state index contributed by atoms with van der Waals surface area (Å²) in [5, 5.41) is 2.07. The lowest BCUT2D eigenvalue weighted by Gasteiger charge is -2.18. The summed E-state index contributed by atoms with van der Waals surface area (Å²) in [6.07, 6.45) is 9.46. The highest BCUT2D eigenvalue weighted by Crippen LogP contribution is 2.41. The molecule has 0 atom stereocenters. The molecule has 4 heteroatoms. The van der Waals surface area contributed by atoms with Crippen molar-refractivity contribution < 1.29 is 9.47 Å². The molecule has 0 saturated heterocycles. The van der Waals surface area contributed by atoms with Gasteiger partial charge in [0.2, 0.25) is 5.82 Å². The molecule has 0 saturated carbocycles. The van der Waals surface area contributed by atoms with Crippen molar-refractivity contribution in [2.75, 3.05) is 14.2 Å². The van der Waals surface area contributed by atoms with Crippen LogP contribution >= 0.6 is 0 Å². The van der Waals surface area contributed by atoms with Crippen molar-refractivity contribution in [3.05, 3.63) is 59.2 Å². The van der Waals surface area contributed by atoms with Crippen molar-refractivity contribution in [3.8, 4) is 23.8 Å². The Morgan fingerprint density at radius 1 is 1.00 bits per heavy atom. The Hall–Kier alpha value is -3.06. The quantitative estimate of drug-likeness (QED) is 0.690. The van der Waals surface area contributed by atoms with E-state index in [0.717, 1.165) is 39.0 Å². The minimum atomic E-state index is 0.388. The molecular formula is C20H18N2O2. The van der Waals surface area contributed by atoms with Gasteiger partial charge in [-0.25, -0.2) is 9.97 Å². The molecule has 0 spiro atoms. The number of benzene rings is 2. The fourth-order valence-electron chi connectivity index (χ4n) is 2.98. The molecule has 24 heavy (non-hydrogen) atoms. The number of ether oxygens (including phenoxy) is 2. The second-order valence-corrected chi connectivity index (χ2v) is 5.45. The van der Waals surface area contributed by atoms with Gasteiger partial charge in [0.25, 0.3) is 0 Å². The largest absolute Gasteiger partial charge is 0.496 e. The van der Waals surface area contributed by atoms with E-state index in [1.165, 1.54) is 0 Å². The van der Waals surface area contributed by atoms with Crippen LogP contribution in [0, 0.1) is 19.3 Å². The van der Waals surface area contributed by atoms with Gasteiger partial charge in [0.1, 0.15) is 11.5 Å². The normalized spacial score (nSPS) is 10.4. The van der Waals surface area contributed by atoms with Crippen LogP contribution in [0.5, 0.6) is 11.5 Å². The minimum absolute atomic E-state index is 0.388. The van der Waals surface area contributed by atoms with Crippen LogP contribution in [0.15, 0.2) is 36.7 Å². The average molecular weight is 318 g/mol. The van der Waals surface area contributed by atoms with E-state index >= 15 is 0 Å². The van der Waals surface area contributed by atoms with E-state index in [2.05, 4.69) is 15.9 Å². The van der Waals surface area contributed by atoms with Crippen LogP contribution in [0.2, 0.25) is 0 Å². The van der Waals surface area contributed by atoms with Crippen molar-refractivity contribution in [3.63, 3.8) is 0 Å². The number of hydrogen-bond donors (Lipinski definition) is 0. The highest BCUT2D eigenvalue weighted by atomic mass is 16.5. The number of aromatic nitrogens is 2. The van der Waals surface area contributed by atoms with Crippen LogP contribution < -0.4 is 9.47 Å². The molecule has 0 aliphatic rings. The zero-order chi connectivity index (χ0) is 17.1. The first kappa shape index (κ1) is 15.8. The summed E-state index contributed by atoms with van der Waals surface area (Å²) in [5.41, 5.74) is 3.08. The smallest absolute Gasteiger partial charge is 0.204 e. The van der Waals surface area contributed by atoms with Gasteiger partial charge in [-0.1, -0.05) is 24.3 Å². The molecule has 2 aromatic carbocycles. The first-order valence-corrected chi connectivity index (χ1v) is 7.59. The second kappa shape index (κ2) is 6.59. The zero-order valence-corrected chi connectivity index (χ0v) is 14.0. The molecular weight excluding hydrogens is 300 g/mol. The van der Waals surface area contributed by atoms with Crippen LogP contribution in [-0.4, -0.2) is 24.2 Å². The van der Waals surface area contributed by atoms with Crippen LogP contribution in [0.25, 0.3) is 10.8 Å². The standard InChI is InChI=1S/C20H18N2O2/c1-5-18-21-11-14(12-22-18)10-17-13(2)19(23-3)15-8-6-7-9-16(15)20(17)24-4/h1,6-9,11-12H,10H2,2-4H3. The third kappa shape index (κ3) is 2.65. The Labute approximate surface area is 141 Å². The van der Waals surface area contributed by atoms with Crippen molar-refractivity contribution >= 4 is 10.8 Å². The van der Waals surface area contributed by atoms with E-state index < -0.39 is 0 Å². The van der Waals surface area contributed by atoms with Crippen molar-refractivity contribution in [2.45, 2.75) is 13.3 Å². The SMILES string of the molecule is C#Cc1ncc(Cc2c(C)c(OC)c3ccccc3c2OC)cn1. The molecule has 1 aromatic heterocycles. The minimum Gasteiger partial charge on any atom is -0.496 e. The van der Waals surface area contributed by atoms with Gasteiger partial charge in [-0.3, -0.25) is 0 Å². The summed E-state index contributed by atoms with van der Waals surface area (Å²) in [4.78, 5) is 8.33. The van der Waals surface area contributed by atoms with Gasteiger partial charge in [-0.15, -0.1) is 6.42 Å². The van der Waals surface area contributed by atoms with Gasteiger partial charge in [-0.2, -0.15) is 0 Å². The number of methoxy groups -OCH3 is 2. The first-order chi connectivity index (χ1) is 11.7. The van der Waals surface area contributed by atoms with Gasteiger partial charge in [0.05, 0.1) is 14.2 Å². The van der Waals surface area contributed by atoms with Crippen molar-refractivity contribution in [1.29, 1.82) is 0 Å². The molecule has 0 amide bonds. The predicted molar refractivity (Wildman–Crippen MR) is 94.6 cm³/mol. The van der Waals surface area contributed by atoms with E-state index in [-0.39, 0.29) is 0 Å². The Bertz CT molecular complexity index is 925. The third-order valence-electron chi connectivity index (χ3n) is 4.11.